The molecule has 0 atom stereocenters. The number of pyridine rings is 1. The molecule has 6 nitrogen and oxygen atoms in total. The number of rotatable bonds is 3. The number of aromatic carboxylic acids is 1. The van der Waals surface area contributed by atoms with Gasteiger partial charge in [-0.1, -0.05) is 6.07 Å². The Morgan fingerprint density at radius 1 is 1.45 bits per heavy atom. The van der Waals surface area contributed by atoms with Crippen molar-refractivity contribution in [1.82, 2.24) is 4.98 Å². The van der Waals surface area contributed by atoms with E-state index in [4.69, 9.17) is 16.1 Å². The quantitative estimate of drug-likeness (QED) is 0.882. The van der Waals surface area contributed by atoms with E-state index in [9.17, 15) is 4.79 Å². The lowest BCUT2D eigenvalue weighted by Gasteiger charge is -2.20. The predicted octanol–water partition coefficient (Wildman–Crippen LogP) is 2.00. The van der Waals surface area contributed by atoms with Crippen LogP contribution in [0.25, 0.3) is 0 Å². The number of carboxylic acids is 1. The van der Waals surface area contributed by atoms with Crippen molar-refractivity contribution in [1.29, 1.82) is 5.26 Å². The van der Waals surface area contributed by atoms with Crippen LogP contribution >= 0.6 is 0 Å². The van der Waals surface area contributed by atoms with Gasteiger partial charge in [-0.2, -0.15) is 5.26 Å². The zero-order valence-corrected chi connectivity index (χ0v) is 10.7. The van der Waals surface area contributed by atoms with E-state index in [1.54, 1.807) is 30.1 Å². The van der Waals surface area contributed by atoms with Crippen LogP contribution in [0.4, 0.5) is 17.2 Å². The first-order valence-electron chi connectivity index (χ1n) is 5.75. The van der Waals surface area contributed by atoms with Gasteiger partial charge in [-0.25, -0.2) is 9.78 Å². The molecule has 20 heavy (non-hydrogen) atoms. The highest BCUT2D eigenvalue weighted by atomic mass is 16.4. The summed E-state index contributed by atoms with van der Waals surface area (Å²) >= 11 is 0. The zero-order chi connectivity index (χ0) is 14.7. The first kappa shape index (κ1) is 13.4. The molecular weight excluding hydrogens is 256 g/mol. The van der Waals surface area contributed by atoms with Crippen molar-refractivity contribution in [2.45, 2.75) is 0 Å². The van der Waals surface area contributed by atoms with Crippen LogP contribution in [-0.2, 0) is 0 Å². The van der Waals surface area contributed by atoms with Crippen molar-refractivity contribution in [3.8, 4) is 6.07 Å². The second-order valence-electron chi connectivity index (χ2n) is 4.16. The van der Waals surface area contributed by atoms with Crippen LogP contribution in [0.5, 0.6) is 0 Å². The number of benzene rings is 1. The minimum absolute atomic E-state index is 0.0328. The maximum atomic E-state index is 10.8. The van der Waals surface area contributed by atoms with Gasteiger partial charge in [0.1, 0.15) is 0 Å². The SMILES string of the molecule is CN(c1cccc(C#N)c1)c1ncc(C(=O)O)cc1N. The topological polar surface area (TPSA) is 103 Å². The van der Waals surface area contributed by atoms with E-state index in [1.165, 1.54) is 12.3 Å². The molecule has 0 radical (unpaired) electrons. The fraction of sp³-hybridized carbons (Fsp3) is 0.0714. The molecule has 0 saturated heterocycles. The first-order valence-corrected chi connectivity index (χ1v) is 5.75. The Bertz CT molecular complexity index is 707. The van der Waals surface area contributed by atoms with E-state index in [2.05, 4.69) is 11.1 Å². The third-order valence-electron chi connectivity index (χ3n) is 2.82. The summed E-state index contributed by atoms with van der Waals surface area (Å²) in [5.74, 6) is -0.644. The summed E-state index contributed by atoms with van der Waals surface area (Å²) in [5, 5.41) is 17.8. The fourth-order valence-electron chi connectivity index (χ4n) is 1.78. The Morgan fingerprint density at radius 2 is 2.20 bits per heavy atom. The van der Waals surface area contributed by atoms with Crippen molar-refractivity contribution in [3.05, 3.63) is 47.7 Å². The monoisotopic (exact) mass is 268 g/mol. The number of aromatic nitrogens is 1. The summed E-state index contributed by atoms with van der Waals surface area (Å²) in [6.45, 7) is 0. The highest BCUT2D eigenvalue weighted by molar-refractivity contribution is 5.89. The molecule has 0 spiro atoms. The number of anilines is 3. The average molecular weight is 268 g/mol. The molecular formula is C14H12N4O2. The molecule has 0 fully saturated rings. The molecule has 2 aromatic rings. The molecule has 1 aromatic carbocycles. The number of carbonyl (C=O) groups is 1. The number of nitrogens with two attached hydrogens (primary N) is 1. The lowest BCUT2D eigenvalue weighted by molar-refractivity contribution is 0.0696. The molecule has 0 aliphatic heterocycles. The lowest BCUT2D eigenvalue weighted by Crippen LogP contribution is -2.14. The zero-order valence-electron chi connectivity index (χ0n) is 10.7. The molecule has 2 rings (SSSR count). The fourth-order valence-corrected chi connectivity index (χ4v) is 1.78. The van der Waals surface area contributed by atoms with Crippen molar-refractivity contribution in [2.75, 3.05) is 17.7 Å². The number of hydrogen-bond acceptors (Lipinski definition) is 5. The van der Waals surface area contributed by atoms with Crippen LogP contribution in [0.2, 0.25) is 0 Å². The Hall–Kier alpha value is -3.07. The standard InChI is InChI=1S/C14H12N4O2/c1-18(11-4-2-3-9(5-11)7-15)13-12(16)6-10(8-17-13)14(19)20/h2-6,8H,16H2,1H3,(H,19,20). The van der Waals surface area contributed by atoms with E-state index in [0.29, 0.717) is 11.4 Å². The molecule has 6 heteroatoms. The van der Waals surface area contributed by atoms with Gasteiger partial charge in [0, 0.05) is 18.9 Å². The molecule has 0 bridgehead atoms. The minimum atomic E-state index is -1.08. The average Bonchev–Trinajstić information content (AvgIpc) is 2.46. The van der Waals surface area contributed by atoms with Gasteiger partial charge in [0.25, 0.3) is 0 Å². The van der Waals surface area contributed by atoms with Gasteiger partial charge in [0.15, 0.2) is 5.82 Å². The van der Waals surface area contributed by atoms with Crippen molar-refractivity contribution in [3.63, 3.8) is 0 Å². The van der Waals surface area contributed by atoms with Crippen LogP contribution in [-0.4, -0.2) is 23.1 Å². The van der Waals surface area contributed by atoms with Gasteiger partial charge < -0.3 is 15.7 Å². The molecule has 1 aromatic heterocycles. The van der Waals surface area contributed by atoms with Crippen molar-refractivity contribution < 1.29 is 9.90 Å². The van der Waals surface area contributed by atoms with Crippen LogP contribution in [0.3, 0.4) is 0 Å². The number of hydrogen-bond donors (Lipinski definition) is 2. The Morgan fingerprint density at radius 3 is 2.80 bits per heavy atom. The second kappa shape index (κ2) is 5.28. The summed E-state index contributed by atoms with van der Waals surface area (Å²) in [6, 6.07) is 10.4. The Kier molecular flexibility index (Phi) is 3.53. The van der Waals surface area contributed by atoms with Crippen molar-refractivity contribution in [2.24, 2.45) is 0 Å². The van der Waals surface area contributed by atoms with Gasteiger partial charge >= 0.3 is 5.97 Å². The molecule has 0 saturated carbocycles. The molecule has 0 aliphatic carbocycles. The normalized spacial score (nSPS) is 9.80. The Balaban J connectivity index is 2.40. The molecule has 1 heterocycles. The second-order valence-corrected chi connectivity index (χ2v) is 4.16. The molecule has 0 amide bonds. The third-order valence-corrected chi connectivity index (χ3v) is 2.82. The summed E-state index contributed by atoms with van der Waals surface area (Å²) in [7, 11) is 1.75. The van der Waals surface area contributed by atoms with Crippen LogP contribution in [0.1, 0.15) is 15.9 Å². The number of carboxylic acid groups (broad SMARTS) is 1. The number of nitrogen functional groups attached to an aromatic ring is 1. The smallest absolute Gasteiger partial charge is 0.337 e. The maximum Gasteiger partial charge on any atom is 0.337 e. The van der Waals surface area contributed by atoms with E-state index in [0.717, 1.165) is 5.69 Å². The van der Waals surface area contributed by atoms with Gasteiger partial charge in [0.05, 0.1) is 22.9 Å². The van der Waals surface area contributed by atoms with E-state index in [-0.39, 0.29) is 11.3 Å². The summed E-state index contributed by atoms with van der Waals surface area (Å²) in [5.41, 5.74) is 7.39. The third kappa shape index (κ3) is 2.52. The summed E-state index contributed by atoms with van der Waals surface area (Å²) < 4.78 is 0. The van der Waals surface area contributed by atoms with Crippen LogP contribution in [0.15, 0.2) is 36.5 Å². The highest BCUT2D eigenvalue weighted by Gasteiger charge is 2.12. The van der Waals surface area contributed by atoms with Crippen LogP contribution in [0, 0.1) is 11.3 Å². The van der Waals surface area contributed by atoms with Gasteiger partial charge in [-0.05, 0) is 24.3 Å². The molecule has 3 N–H and O–H groups in total. The largest absolute Gasteiger partial charge is 0.478 e. The van der Waals surface area contributed by atoms with Crippen molar-refractivity contribution >= 4 is 23.2 Å². The highest BCUT2D eigenvalue weighted by Crippen LogP contribution is 2.27. The number of nitrogens with zero attached hydrogens (tertiary/aromatic N) is 3. The molecule has 0 aliphatic rings. The summed E-state index contributed by atoms with van der Waals surface area (Å²) in [4.78, 5) is 16.6. The van der Waals surface area contributed by atoms with E-state index in [1.807, 2.05) is 6.07 Å². The number of nitriles is 1. The van der Waals surface area contributed by atoms with Gasteiger partial charge in [0.2, 0.25) is 0 Å². The van der Waals surface area contributed by atoms with Gasteiger partial charge in [-0.3, -0.25) is 0 Å². The molecule has 100 valence electrons. The van der Waals surface area contributed by atoms with Gasteiger partial charge in [-0.15, -0.1) is 0 Å². The first-order chi connectivity index (χ1) is 9.52. The van der Waals surface area contributed by atoms with Crippen LogP contribution < -0.4 is 10.6 Å². The predicted molar refractivity (Wildman–Crippen MR) is 74.8 cm³/mol. The summed E-state index contributed by atoms with van der Waals surface area (Å²) in [6.07, 6.45) is 1.25. The Labute approximate surface area is 115 Å². The maximum absolute atomic E-state index is 10.8. The van der Waals surface area contributed by atoms with E-state index < -0.39 is 5.97 Å². The minimum Gasteiger partial charge on any atom is -0.478 e. The molecule has 0 unspecified atom stereocenters. The lowest BCUT2D eigenvalue weighted by atomic mass is 10.2. The van der Waals surface area contributed by atoms with E-state index >= 15 is 0 Å².